The Morgan fingerprint density at radius 1 is 1.25 bits per heavy atom. The monoisotopic (exact) mass is 268 g/mol. The van der Waals surface area contributed by atoms with Crippen molar-refractivity contribution < 1.29 is 4.74 Å². The van der Waals surface area contributed by atoms with E-state index >= 15 is 0 Å². The van der Waals surface area contributed by atoms with Crippen molar-refractivity contribution in [1.82, 2.24) is 9.97 Å². The molecule has 0 aliphatic rings. The van der Waals surface area contributed by atoms with Crippen LogP contribution in [-0.4, -0.2) is 16.6 Å². The van der Waals surface area contributed by atoms with Gasteiger partial charge in [0.15, 0.2) is 0 Å². The second kappa shape index (κ2) is 6.02. The lowest BCUT2D eigenvalue weighted by atomic mass is 10.2. The van der Waals surface area contributed by atoms with Crippen molar-refractivity contribution in [1.29, 1.82) is 5.26 Å². The predicted octanol–water partition coefficient (Wildman–Crippen LogP) is 3.11. The van der Waals surface area contributed by atoms with E-state index in [9.17, 15) is 0 Å². The second-order valence-corrected chi connectivity index (χ2v) is 4.34. The maximum Gasteiger partial charge on any atom is 0.146 e. The normalized spacial score (nSPS) is 9.90. The van der Waals surface area contributed by atoms with Crippen LogP contribution in [0.3, 0.4) is 0 Å². The van der Waals surface area contributed by atoms with Gasteiger partial charge in [-0.2, -0.15) is 5.26 Å². The Bertz CT molecular complexity index is 661. The van der Waals surface area contributed by atoms with E-state index in [1.807, 2.05) is 38.1 Å². The van der Waals surface area contributed by atoms with E-state index in [1.54, 1.807) is 13.0 Å². The molecule has 0 unspecified atom stereocenters. The van der Waals surface area contributed by atoms with Gasteiger partial charge in [-0.3, -0.25) is 0 Å². The van der Waals surface area contributed by atoms with Crippen molar-refractivity contribution in [2.24, 2.45) is 0 Å². The standard InChI is InChI=1S/C15H16N4O/c1-4-20-14-6-5-12(7-10(14)2)19-15-8-13(9-16)17-11(3)18-15/h5-8H,4H2,1-3H3,(H,17,18,19). The van der Waals surface area contributed by atoms with Crippen molar-refractivity contribution in [2.45, 2.75) is 20.8 Å². The summed E-state index contributed by atoms with van der Waals surface area (Å²) in [6.45, 7) is 6.35. The van der Waals surface area contributed by atoms with Crippen molar-refractivity contribution in [3.05, 3.63) is 41.3 Å². The summed E-state index contributed by atoms with van der Waals surface area (Å²) in [7, 11) is 0. The van der Waals surface area contributed by atoms with Crippen LogP contribution in [0.2, 0.25) is 0 Å². The third kappa shape index (κ3) is 3.23. The molecular formula is C15H16N4O. The van der Waals surface area contributed by atoms with Crippen molar-refractivity contribution in [2.75, 3.05) is 11.9 Å². The molecule has 2 rings (SSSR count). The van der Waals surface area contributed by atoms with Gasteiger partial charge in [0.2, 0.25) is 0 Å². The summed E-state index contributed by atoms with van der Waals surface area (Å²) in [6, 6.07) is 9.46. The van der Waals surface area contributed by atoms with Gasteiger partial charge in [0.05, 0.1) is 6.61 Å². The molecule has 0 bridgehead atoms. The molecule has 0 saturated carbocycles. The first-order valence-corrected chi connectivity index (χ1v) is 6.38. The predicted molar refractivity (Wildman–Crippen MR) is 77.1 cm³/mol. The molecule has 1 heterocycles. The molecule has 0 atom stereocenters. The van der Waals surface area contributed by atoms with Crippen LogP contribution in [0.4, 0.5) is 11.5 Å². The molecule has 1 aromatic heterocycles. The molecule has 5 nitrogen and oxygen atoms in total. The molecule has 1 aromatic carbocycles. The summed E-state index contributed by atoms with van der Waals surface area (Å²) in [5, 5.41) is 12.1. The van der Waals surface area contributed by atoms with Gasteiger partial charge in [-0.05, 0) is 44.5 Å². The van der Waals surface area contributed by atoms with E-state index in [-0.39, 0.29) is 0 Å². The maximum atomic E-state index is 8.91. The number of benzene rings is 1. The zero-order valence-electron chi connectivity index (χ0n) is 11.8. The number of hydrogen-bond acceptors (Lipinski definition) is 5. The Balaban J connectivity index is 2.24. The minimum absolute atomic E-state index is 0.350. The fraction of sp³-hybridized carbons (Fsp3) is 0.267. The number of ether oxygens (including phenoxy) is 1. The lowest BCUT2D eigenvalue weighted by Crippen LogP contribution is -2.00. The number of aromatic nitrogens is 2. The smallest absolute Gasteiger partial charge is 0.146 e. The van der Waals surface area contributed by atoms with Gasteiger partial charge in [0.1, 0.15) is 29.2 Å². The first-order chi connectivity index (χ1) is 9.62. The van der Waals surface area contributed by atoms with Crippen LogP contribution in [0.5, 0.6) is 5.75 Å². The summed E-state index contributed by atoms with van der Waals surface area (Å²) in [5.74, 6) is 2.04. The molecule has 0 aliphatic heterocycles. The number of hydrogen-bond donors (Lipinski definition) is 1. The Morgan fingerprint density at radius 2 is 2.05 bits per heavy atom. The average molecular weight is 268 g/mol. The SMILES string of the molecule is CCOc1ccc(Nc2cc(C#N)nc(C)n2)cc1C. The molecule has 0 saturated heterocycles. The first kappa shape index (κ1) is 13.8. The molecule has 2 aromatic rings. The highest BCUT2D eigenvalue weighted by Gasteiger charge is 2.04. The molecule has 1 N–H and O–H groups in total. The molecule has 0 radical (unpaired) electrons. The number of anilines is 2. The van der Waals surface area contributed by atoms with Crippen LogP contribution in [-0.2, 0) is 0 Å². The number of nitrogens with zero attached hydrogens (tertiary/aromatic N) is 3. The van der Waals surface area contributed by atoms with E-state index in [0.717, 1.165) is 17.0 Å². The maximum absolute atomic E-state index is 8.91. The van der Waals surface area contributed by atoms with Gasteiger partial charge in [-0.15, -0.1) is 0 Å². The second-order valence-electron chi connectivity index (χ2n) is 4.34. The Morgan fingerprint density at radius 3 is 2.70 bits per heavy atom. The molecule has 20 heavy (non-hydrogen) atoms. The van der Waals surface area contributed by atoms with Crippen molar-refractivity contribution >= 4 is 11.5 Å². The number of aryl methyl sites for hydroxylation is 2. The van der Waals surface area contributed by atoms with E-state index in [1.165, 1.54) is 0 Å². The summed E-state index contributed by atoms with van der Waals surface area (Å²) >= 11 is 0. The number of nitriles is 1. The van der Waals surface area contributed by atoms with Gasteiger partial charge in [-0.25, -0.2) is 9.97 Å². The van der Waals surface area contributed by atoms with Crippen molar-refractivity contribution in [3.8, 4) is 11.8 Å². The fourth-order valence-electron chi connectivity index (χ4n) is 1.88. The fourth-order valence-corrected chi connectivity index (χ4v) is 1.88. The van der Waals surface area contributed by atoms with Gasteiger partial charge in [0, 0.05) is 11.8 Å². The summed E-state index contributed by atoms with van der Waals surface area (Å²) in [5.41, 5.74) is 2.29. The van der Waals surface area contributed by atoms with Crippen LogP contribution < -0.4 is 10.1 Å². The largest absolute Gasteiger partial charge is 0.494 e. The highest BCUT2D eigenvalue weighted by Crippen LogP contribution is 2.24. The van der Waals surface area contributed by atoms with Gasteiger partial charge in [-0.1, -0.05) is 0 Å². The van der Waals surface area contributed by atoms with Gasteiger partial charge >= 0.3 is 0 Å². The minimum Gasteiger partial charge on any atom is -0.494 e. The lowest BCUT2D eigenvalue weighted by molar-refractivity contribution is 0.338. The van der Waals surface area contributed by atoms with E-state index in [4.69, 9.17) is 10.00 Å². The quantitative estimate of drug-likeness (QED) is 0.922. The zero-order valence-corrected chi connectivity index (χ0v) is 11.8. The van der Waals surface area contributed by atoms with Gasteiger partial charge < -0.3 is 10.1 Å². The lowest BCUT2D eigenvalue weighted by Gasteiger charge is -2.10. The summed E-state index contributed by atoms with van der Waals surface area (Å²) < 4.78 is 5.50. The zero-order chi connectivity index (χ0) is 14.5. The van der Waals surface area contributed by atoms with Crippen LogP contribution >= 0.6 is 0 Å². The number of rotatable bonds is 4. The highest BCUT2D eigenvalue weighted by atomic mass is 16.5. The third-order valence-corrected chi connectivity index (χ3v) is 2.70. The minimum atomic E-state index is 0.350. The van der Waals surface area contributed by atoms with Crippen LogP contribution in [0.15, 0.2) is 24.3 Å². The molecular weight excluding hydrogens is 252 g/mol. The van der Waals surface area contributed by atoms with Gasteiger partial charge in [0.25, 0.3) is 0 Å². The van der Waals surface area contributed by atoms with Crippen LogP contribution in [0.25, 0.3) is 0 Å². The van der Waals surface area contributed by atoms with Crippen LogP contribution in [0.1, 0.15) is 24.0 Å². The van der Waals surface area contributed by atoms with E-state index in [0.29, 0.717) is 23.9 Å². The molecule has 0 amide bonds. The molecule has 5 heteroatoms. The van der Waals surface area contributed by atoms with Crippen LogP contribution in [0, 0.1) is 25.2 Å². The highest BCUT2D eigenvalue weighted by molar-refractivity contribution is 5.59. The Kier molecular flexibility index (Phi) is 4.16. The Labute approximate surface area is 118 Å². The molecule has 102 valence electrons. The van der Waals surface area contributed by atoms with E-state index < -0.39 is 0 Å². The molecule has 0 spiro atoms. The number of nitrogens with one attached hydrogen (secondary N) is 1. The topological polar surface area (TPSA) is 70.8 Å². The molecule has 0 aliphatic carbocycles. The summed E-state index contributed by atoms with van der Waals surface area (Å²) in [6.07, 6.45) is 0. The Hall–Kier alpha value is -2.61. The third-order valence-electron chi connectivity index (χ3n) is 2.70. The summed E-state index contributed by atoms with van der Waals surface area (Å²) in [4.78, 5) is 8.28. The van der Waals surface area contributed by atoms with E-state index in [2.05, 4.69) is 15.3 Å². The first-order valence-electron chi connectivity index (χ1n) is 6.38. The van der Waals surface area contributed by atoms with Crippen molar-refractivity contribution in [3.63, 3.8) is 0 Å². The molecule has 0 fully saturated rings. The average Bonchev–Trinajstić information content (AvgIpc) is 2.41.